The molecular weight excluding hydrogens is 644 g/mol. The highest BCUT2D eigenvalue weighted by atomic mass is 79.9. The van der Waals surface area contributed by atoms with E-state index in [1.165, 1.54) is 12.1 Å². The van der Waals surface area contributed by atoms with Crippen molar-refractivity contribution in [3.8, 4) is 23.0 Å². The van der Waals surface area contributed by atoms with Gasteiger partial charge in [-0.3, -0.25) is 9.88 Å². The van der Waals surface area contributed by atoms with Crippen molar-refractivity contribution in [2.24, 2.45) is 0 Å². The fourth-order valence-corrected chi connectivity index (χ4v) is 6.41. The lowest BCUT2D eigenvalue weighted by Gasteiger charge is -2.22. The number of halogens is 3. The number of nitrogens with one attached hydrogen (secondary N) is 1. The Balaban J connectivity index is 1.71. The quantitative estimate of drug-likeness (QED) is 0.151. The molecule has 3 aromatic rings. The molecule has 0 heterocycles. The first-order valence-corrected chi connectivity index (χ1v) is 15.6. The summed E-state index contributed by atoms with van der Waals surface area (Å²) in [5, 5.41) is 13.2. The van der Waals surface area contributed by atoms with Crippen LogP contribution in [0.2, 0.25) is 0 Å². The van der Waals surface area contributed by atoms with Gasteiger partial charge in [-0.25, -0.2) is 4.39 Å². The average Bonchev–Trinajstić information content (AvgIpc) is 2.88. The van der Waals surface area contributed by atoms with Crippen LogP contribution in [-0.4, -0.2) is 36.2 Å². The van der Waals surface area contributed by atoms with Crippen molar-refractivity contribution in [3.63, 3.8) is 0 Å². The molecule has 3 aromatic carbocycles. The van der Waals surface area contributed by atoms with E-state index in [1.807, 2.05) is 0 Å². The largest absolute Gasteiger partial charge is 0.508 e. The van der Waals surface area contributed by atoms with Crippen LogP contribution in [0.1, 0.15) is 31.9 Å². The first kappa shape index (κ1) is 30.2. The van der Waals surface area contributed by atoms with E-state index in [2.05, 4.69) is 36.9 Å². The first-order chi connectivity index (χ1) is 18.0. The fourth-order valence-electron chi connectivity index (χ4n) is 3.50. The van der Waals surface area contributed by atoms with Crippen molar-refractivity contribution >= 4 is 45.1 Å². The molecule has 11 heteroatoms. The van der Waals surface area contributed by atoms with Crippen molar-refractivity contribution in [2.75, 3.05) is 19.1 Å². The molecule has 3 rings (SSSR count). The molecule has 0 aliphatic heterocycles. The van der Waals surface area contributed by atoms with Crippen LogP contribution in [0.25, 0.3) is 0 Å². The summed E-state index contributed by atoms with van der Waals surface area (Å²) >= 11 is 6.99. The smallest absolute Gasteiger partial charge is 0.323 e. The van der Waals surface area contributed by atoms with Crippen molar-refractivity contribution in [2.45, 2.75) is 33.2 Å². The molecule has 0 aliphatic carbocycles. The van der Waals surface area contributed by atoms with Gasteiger partial charge in [0.2, 0.25) is 0 Å². The van der Waals surface area contributed by atoms with Crippen LogP contribution in [-0.2, 0) is 20.5 Å². The summed E-state index contributed by atoms with van der Waals surface area (Å²) in [6.45, 7) is 5.33. The van der Waals surface area contributed by atoms with Gasteiger partial charge < -0.3 is 23.9 Å². The van der Waals surface area contributed by atoms with Gasteiger partial charge in [0.05, 0.1) is 15.6 Å². The van der Waals surface area contributed by atoms with Crippen LogP contribution < -0.4 is 14.6 Å². The topological polar surface area (TPSA) is 94.1 Å². The molecule has 204 valence electrons. The molecule has 0 amide bonds. The van der Waals surface area contributed by atoms with Gasteiger partial charge >= 0.3 is 5.97 Å². The standard InChI is InChI=1S/C27H29Br2FNO6P/c1-4-35-27(33)17(3)31-38(34,5-2)16-36-22-14-23(28)26(24(29)15-22)37-21-10-11-25(32)19(13-21)12-18-6-8-20(30)9-7-18/h6-11,13-15,17,32H,4-5,12,16H2,1-3H3,(H,31,34)/t17-,38?/m0/s1. The molecule has 0 aromatic heterocycles. The molecule has 7 nitrogen and oxygen atoms in total. The molecule has 0 aliphatic rings. The lowest BCUT2D eigenvalue weighted by Crippen LogP contribution is -2.35. The molecule has 38 heavy (non-hydrogen) atoms. The third kappa shape index (κ3) is 8.30. The van der Waals surface area contributed by atoms with Gasteiger partial charge in [-0.2, -0.15) is 0 Å². The van der Waals surface area contributed by atoms with Gasteiger partial charge in [-0.05, 0) is 93.7 Å². The Labute approximate surface area is 238 Å². The van der Waals surface area contributed by atoms with E-state index in [4.69, 9.17) is 14.2 Å². The number of carbonyl (C=O) groups is 1. The zero-order valence-electron chi connectivity index (χ0n) is 21.2. The normalized spacial score (nSPS) is 13.4. The Kier molecular flexibility index (Phi) is 10.8. The zero-order valence-corrected chi connectivity index (χ0v) is 25.2. The zero-order chi connectivity index (χ0) is 27.9. The van der Waals surface area contributed by atoms with Crippen LogP contribution in [0.15, 0.2) is 63.5 Å². The Morgan fingerprint density at radius 1 is 1.05 bits per heavy atom. The summed E-state index contributed by atoms with van der Waals surface area (Å²) < 4.78 is 44.5. The number of hydrogen-bond acceptors (Lipinski definition) is 6. The van der Waals surface area contributed by atoms with E-state index < -0.39 is 19.3 Å². The van der Waals surface area contributed by atoms with E-state index in [-0.39, 0.29) is 24.5 Å². The summed E-state index contributed by atoms with van der Waals surface area (Å²) in [6.07, 6.45) is 0.581. The van der Waals surface area contributed by atoms with Crippen molar-refractivity contribution in [1.29, 1.82) is 0 Å². The number of phenolic OH excluding ortho intramolecular Hbond substituents is 1. The maximum atomic E-state index is 13.2. The van der Waals surface area contributed by atoms with Crippen LogP contribution >= 0.6 is 39.2 Å². The molecule has 0 saturated heterocycles. The Hall–Kier alpha value is -2.39. The number of rotatable bonds is 12. The second-order valence-corrected chi connectivity index (χ2v) is 13.1. The Morgan fingerprint density at radius 3 is 2.32 bits per heavy atom. The maximum Gasteiger partial charge on any atom is 0.323 e. The molecule has 1 unspecified atom stereocenters. The first-order valence-electron chi connectivity index (χ1n) is 11.9. The predicted octanol–water partition coefficient (Wildman–Crippen LogP) is 7.61. The minimum atomic E-state index is -3.02. The average molecular weight is 673 g/mol. The van der Waals surface area contributed by atoms with E-state index in [0.717, 1.165) is 5.56 Å². The minimum absolute atomic E-state index is 0.106. The van der Waals surface area contributed by atoms with Gasteiger partial charge in [0, 0.05) is 18.1 Å². The Bertz CT molecular complexity index is 1300. The van der Waals surface area contributed by atoms with Crippen molar-refractivity contribution in [1.82, 2.24) is 5.09 Å². The van der Waals surface area contributed by atoms with Gasteiger partial charge in [0.1, 0.15) is 29.1 Å². The number of aromatic hydroxyl groups is 1. The van der Waals surface area contributed by atoms with E-state index >= 15 is 0 Å². The molecule has 0 radical (unpaired) electrons. The van der Waals surface area contributed by atoms with E-state index in [0.29, 0.717) is 44.3 Å². The number of hydrogen-bond donors (Lipinski definition) is 2. The van der Waals surface area contributed by atoms with Crippen LogP contribution in [0.4, 0.5) is 4.39 Å². The second kappa shape index (κ2) is 13.6. The van der Waals surface area contributed by atoms with Crippen molar-refractivity contribution < 1.29 is 33.1 Å². The summed E-state index contributed by atoms with van der Waals surface area (Å²) in [7, 11) is -3.02. The summed E-state index contributed by atoms with van der Waals surface area (Å²) in [6, 6.07) is 13.6. The lowest BCUT2D eigenvalue weighted by molar-refractivity contribution is -0.144. The van der Waals surface area contributed by atoms with Crippen LogP contribution in [0.3, 0.4) is 0 Å². The highest BCUT2D eigenvalue weighted by Gasteiger charge is 2.27. The number of phenols is 1. The lowest BCUT2D eigenvalue weighted by atomic mass is 10.0. The molecule has 2 atom stereocenters. The molecule has 0 bridgehead atoms. The van der Waals surface area contributed by atoms with E-state index in [1.54, 1.807) is 63.2 Å². The monoisotopic (exact) mass is 671 g/mol. The molecule has 0 spiro atoms. The highest BCUT2D eigenvalue weighted by Crippen LogP contribution is 2.44. The highest BCUT2D eigenvalue weighted by molar-refractivity contribution is 9.11. The SMILES string of the molecule is CCOC(=O)[C@H](C)NP(=O)(CC)COc1cc(Br)c(Oc2ccc(O)c(Cc3ccc(F)cc3)c2)c(Br)c1. The summed E-state index contributed by atoms with van der Waals surface area (Å²) in [5.41, 5.74) is 1.47. The van der Waals surface area contributed by atoms with Gasteiger partial charge in [0.15, 0.2) is 19.4 Å². The minimum Gasteiger partial charge on any atom is -0.508 e. The fraction of sp³-hybridized carbons (Fsp3) is 0.296. The molecule has 2 N–H and O–H groups in total. The van der Waals surface area contributed by atoms with E-state index in [9.17, 15) is 18.9 Å². The third-order valence-corrected chi connectivity index (χ3v) is 9.17. The summed E-state index contributed by atoms with van der Waals surface area (Å²) in [4.78, 5) is 11.9. The maximum absolute atomic E-state index is 13.2. The number of carbonyl (C=O) groups excluding carboxylic acids is 1. The van der Waals surface area contributed by atoms with Gasteiger partial charge in [0.25, 0.3) is 0 Å². The van der Waals surface area contributed by atoms with Gasteiger partial charge in [-0.1, -0.05) is 19.1 Å². The number of ether oxygens (including phenoxy) is 3. The molecule has 0 saturated carbocycles. The van der Waals surface area contributed by atoms with Gasteiger partial charge in [-0.15, -0.1) is 0 Å². The van der Waals surface area contributed by atoms with Crippen molar-refractivity contribution in [3.05, 3.63) is 80.5 Å². The Morgan fingerprint density at radius 2 is 1.71 bits per heavy atom. The number of esters is 1. The predicted molar refractivity (Wildman–Crippen MR) is 152 cm³/mol. The van der Waals surface area contributed by atoms with Crippen LogP contribution in [0, 0.1) is 5.82 Å². The third-order valence-electron chi connectivity index (χ3n) is 5.57. The second-order valence-electron chi connectivity index (χ2n) is 8.49. The summed E-state index contributed by atoms with van der Waals surface area (Å²) in [5.74, 6) is 0.722. The molecular formula is C27H29Br2FNO6P. The molecule has 0 fully saturated rings. The number of benzene rings is 3. The van der Waals surface area contributed by atoms with Crippen LogP contribution in [0.5, 0.6) is 23.0 Å².